The Balaban J connectivity index is 3.26. The van der Waals surface area contributed by atoms with Crippen molar-refractivity contribution < 1.29 is 13.3 Å². The van der Waals surface area contributed by atoms with Crippen molar-refractivity contribution in [2.45, 2.75) is 4.90 Å². The van der Waals surface area contributed by atoms with Gasteiger partial charge in [-0.2, -0.15) is 4.72 Å². The molecule has 0 atom stereocenters. The van der Waals surface area contributed by atoms with Gasteiger partial charge in [0.25, 0.3) is 5.69 Å². The van der Waals surface area contributed by atoms with Gasteiger partial charge >= 0.3 is 0 Å². The first-order valence-electron chi connectivity index (χ1n) is 4.25. The molecule has 0 fully saturated rings. The zero-order valence-corrected chi connectivity index (χ0v) is 9.96. The molecule has 0 saturated heterocycles. The Morgan fingerprint density at radius 2 is 2.18 bits per heavy atom. The van der Waals surface area contributed by atoms with Crippen LogP contribution in [-0.2, 0) is 10.0 Å². The van der Waals surface area contributed by atoms with E-state index in [4.69, 9.17) is 18.0 Å². The fourth-order valence-corrected chi connectivity index (χ4v) is 2.48. The second-order valence-electron chi connectivity index (χ2n) is 2.90. The molecule has 1 aromatic carbocycles. The van der Waals surface area contributed by atoms with Gasteiger partial charge in [-0.05, 0) is 6.07 Å². The summed E-state index contributed by atoms with van der Waals surface area (Å²) in [4.78, 5) is 9.44. The van der Waals surface area contributed by atoms with Gasteiger partial charge in [0.15, 0.2) is 0 Å². The lowest BCUT2D eigenvalue weighted by Gasteiger charge is -2.05. The average molecular weight is 275 g/mol. The van der Waals surface area contributed by atoms with Gasteiger partial charge in [-0.25, -0.2) is 8.42 Å². The van der Waals surface area contributed by atoms with Crippen molar-refractivity contribution in [3.8, 4) is 12.3 Å². The zero-order chi connectivity index (χ0) is 13.1. The van der Waals surface area contributed by atoms with Crippen molar-refractivity contribution in [3.63, 3.8) is 0 Å². The van der Waals surface area contributed by atoms with Gasteiger partial charge in [0.2, 0.25) is 10.0 Å². The summed E-state index contributed by atoms with van der Waals surface area (Å²) in [7, 11) is -3.94. The van der Waals surface area contributed by atoms with Gasteiger partial charge in [-0.15, -0.1) is 6.42 Å². The molecule has 0 aliphatic heterocycles. The minimum absolute atomic E-state index is 0.111. The second-order valence-corrected chi connectivity index (χ2v) is 5.04. The van der Waals surface area contributed by atoms with E-state index in [0.29, 0.717) is 0 Å². The number of hydrogen-bond donors (Lipinski definition) is 1. The van der Waals surface area contributed by atoms with E-state index in [2.05, 4.69) is 10.6 Å². The first kappa shape index (κ1) is 13.4. The lowest BCUT2D eigenvalue weighted by molar-refractivity contribution is -0.385. The first-order chi connectivity index (χ1) is 7.88. The molecule has 1 N–H and O–H groups in total. The van der Waals surface area contributed by atoms with Gasteiger partial charge in [0.1, 0.15) is 4.90 Å². The molecule has 0 saturated carbocycles. The summed E-state index contributed by atoms with van der Waals surface area (Å²) >= 11 is 5.67. The van der Waals surface area contributed by atoms with E-state index in [1.165, 1.54) is 0 Å². The molecule has 1 aromatic rings. The van der Waals surface area contributed by atoms with Crippen LogP contribution in [0.1, 0.15) is 0 Å². The van der Waals surface area contributed by atoms with Crippen LogP contribution in [-0.4, -0.2) is 19.9 Å². The molecule has 0 spiro atoms. The first-order valence-corrected chi connectivity index (χ1v) is 6.11. The third-order valence-electron chi connectivity index (χ3n) is 1.78. The summed E-state index contributed by atoms with van der Waals surface area (Å²) in [6.45, 7) is -0.221. The van der Waals surface area contributed by atoms with Gasteiger partial charge in [0.05, 0.1) is 16.5 Å². The Bertz CT molecular complexity index is 592. The minimum Gasteiger partial charge on any atom is -0.258 e. The highest BCUT2D eigenvalue weighted by molar-refractivity contribution is 7.89. The molecular formula is C9H7ClN2O4S. The highest BCUT2D eigenvalue weighted by atomic mass is 35.5. The lowest BCUT2D eigenvalue weighted by atomic mass is 10.3. The predicted molar refractivity (Wildman–Crippen MR) is 62.1 cm³/mol. The van der Waals surface area contributed by atoms with Gasteiger partial charge in [-0.3, -0.25) is 10.1 Å². The van der Waals surface area contributed by atoms with Crippen LogP contribution in [0.2, 0.25) is 5.02 Å². The number of hydrogen-bond acceptors (Lipinski definition) is 4. The summed E-state index contributed by atoms with van der Waals surface area (Å²) in [5, 5.41) is 10.4. The van der Waals surface area contributed by atoms with Crippen molar-refractivity contribution >= 4 is 27.3 Å². The van der Waals surface area contributed by atoms with Crippen LogP contribution < -0.4 is 4.72 Å². The normalized spacial score (nSPS) is 10.8. The lowest BCUT2D eigenvalue weighted by Crippen LogP contribution is -2.24. The number of rotatable bonds is 4. The number of non-ortho nitro benzene ring substituents is 1. The molecule has 0 aliphatic rings. The Morgan fingerprint density at radius 1 is 1.53 bits per heavy atom. The topological polar surface area (TPSA) is 89.3 Å². The maximum atomic E-state index is 11.7. The molecule has 17 heavy (non-hydrogen) atoms. The molecule has 90 valence electrons. The van der Waals surface area contributed by atoms with Crippen molar-refractivity contribution in [2.24, 2.45) is 0 Å². The van der Waals surface area contributed by atoms with E-state index < -0.39 is 14.9 Å². The number of nitrogens with one attached hydrogen (secondary N) is 1. The van der Waals surface area contributed by atoms with Crippen LogP contribution >= 0.6 is 11.6 Å². The van der Waals surface area contributed by atoms with Crippen LogP contribution in [0.3, 0.4) is 0 Å². The number of benzene rings is 1. The summed E-state index contributed by atoms with van der Waals surface area (Å²) in [6, 6.07) is 3.13. The maximum absolute atomic E-state index is 11.7. The van der Waals surface area contributed by atoms with Gasteiger partial charge in [0, 0.05) is 12.1 Å². The van der Waals surface area contributed by atoms with Crippen LogP contribution in [0.15, 0.2) is 23.1 Å². The predicted octanol–water partition coefficient (Wildman–Crippen LogP) is 1.16. The molecule has 0 amide bonds. The van der Waals surface area contributed by atoms with Crippen molar-refractivity contribution in [1.29, 1.82) is 0 Å². The van der Waals surface area contributed by atoms with Crippen LogP contribution in [0.5, 0.6) is 0 Å². The summed E-state index contributed by atoms with van der Waals surface area (Å²) < 4.78 is 25.4. The molecule has 6 nitrogen and oxygen atoms in total. The van der Waals surface area contributed by atoms with Crippen molar-refractivity contribution in [3.05, 3.63) is 33.3 Å². The summed E-state index contributed by atoms with van der Waals surface area (Å²) in [6.07, 6.45) is 4.91. The van der Waals surface area contributed by atoms with E-state index in [9.17, 15) is 18.5 Å². The minimum atomic E-state index is -3.94. The fourth-order valence-electron chi connectivity index (χ4n) is 1.03. The highest BCUT2D eigenvalue weighted by Crippen LogP contribution is 2.25. The van der Waals surface area contributed by atoms with Crippen molar-refractivity contribution in [1.82, 2.24) is 4.72 Å². The Labute approximate surface area is 103 Å². The summed E-state index contributed by atoms with van der Waals surface area (Å²) in [5.41, 5.74) is -0.365. The number of sulfonamides is 1. The van der Waals surface area contributed by atoms with E-state index in [0.717, 1.165) is 18.2 Å². The SMILES string of the molecule is C#CCNS(=O)(=O)c1cc([N+](=O)[O-])ccc1Cl. The Hall–Kier alpha value is -1.62. The molecule has 1 rings (SSSR count). The second kappa shape index (κ2) is 5.14. The number of nitrogens with zero attached hydrogens (tertiary/aromatic N) is 1. The molecule has 0 radical (unpaired) electrons. The number of nitro groups is 1. The van der Waals surface area contributed by atoms with E-state index in [1.807, 2.05) is 0 Å². The highest BCUT2D eigenvalue weighted by Gasteiger charge is 2.20. The number of nitro benzene ring substituents is 1. The molecule has 0 aliphatic carbocycles. The number of terminal acetylenes is 1. The van der Waals surface area contributed by atoms with Crippen LogP contribution in [0.25, 0.3) is 0 Å². The van der Waals surface area contributed by atoms with Crippen molar-refractivity contribution in [2.75, 3.05) is 6.54 Å². The van der Waals surface area contributed by atoms with E-state index >= 15 is 0 Å². The Morgan fingerprint density at radius 3 is 2.71 bits per heavy atom. The monoisotopic (exact) mass is 274 g/mol. The largest absolute Gasteiger partial charge is 0.270 e. The molecule has 0 unspecified atom stereocenters. The molecule has 8 heteroatoms. The van der Waals surface area contributed by atoms with Crippen LogP contribution in [0.4, 0.5) is 5.69 Å². The average Bonchev–Trinajstić information content (AvgIpc) is 2.26. The van der Waals surface area contributed by atoms with Gasteiger partial charge < -0.3 is 0 Å². The fraction of sp³-hybridized carbons (Fsp3) is 0.111. The Kier molecular flexibility index (Phi) is 4.07. The van der Waals surface area contributed by atoms with E-state index in [1.54, 1.807) is 0 Å². The third-order valence-corrected chi connectivity index (χ3v) is 3.66. The van der Waals surface area contributed by atoms with E-state index in [-0.39, 0.29) is 22.2 Å². The number of halogens is 1. The molecule has 0 aromatic heterocycles. The zero-order valence-electron chi connectivity index (χ0n) is 8.38. The molecular weight excluding hydrogens is 268 g/mol. The van der Waals surface area contributed by atoms with Crippen LogP contribution in [0, 0.1) is 22.5 Å². The maximum Gasteiger partial charge on any atom is 0.270 e. The van der Waals surface area contributed by atoms with Gasteiger partial charge in [-0.1, -0.05) is 17.5 Å². The summed E-state index contributed by atoms with van der Waals surface area (Å²) in [5.74, 6) is 2.08. The molecule has 0 heterocycles. The standard InChI is InChI=1S/C9H7ClN2O4S/c1-2-5-11-17(15,16)9-6-7(12(13)14)3-4-8(9)10/h1,3-4,6,11H,5H2. The third kappa shape index (κ3) is 3.17. The quantitative estimate of drug-likeness (QED) is 0.507. The smallest absolute Gasteiger partial charge is 0.258 e. The molecule has 0 bridgehead atoms.